The number of piperidine rings is 1. The first kappa shape index (κ1) is 18.5. The normalized spacial score (nSPS) is 27.6. The average Bonchev–Trinajstić information content (AvgIpc) is 2.52. The molecule has 0 saturated carbocycles. The molecule has 0 spiro atoms. The van der Waals surface area contributed by atoms with Gasteiger partial charge in [0.15, 0.2) is 0 Å². The third kappa shape index (κ3) is 4.60. The molecular weight excluding hydrogens is 310 g/mol. The van der Waals surface area contributed by atoms with E-state index in [9.17, 15) is 14.7 Å². The molecule has 1 N–H and O–H groups in total. The fourth-order valence-corrected chi connectivity index (χ4v) is 3.25. The van der Waals surface area contributed by atoms with Crippen LogP contribution in [-0.2, 0) is 14.3 Å². The monoisotopic (exact) mass is 337 g/mol. The molecule has 2 aliphatic rings. The molecule has 6 heteroatoms. The molecule has 1 fully saturated rings. The van der Waals surface area contributed by atoms with E-state index < -0.39 is 23.6 Å². The van der Waals surface area contributed by atoms with Gasteiger partial charge in [0.25, 0.3) is 0 Å². The number of hydrogen-bond donors (Lipinski definition) is 1. The van der Waals surface area contributed by atoms with Crippen molar-refractivity contribution in [3.05, 3.63) is 23.8 Å². The highest BCUT2D eigenvalue weighted by Crippen LogP contribution is 2.35. The third-order valence-electron chi connectivity index (χ3n) is 4.43. The molecule has 3 unspecified atom stereocenters. The maximum atomic E-state index is 12.2. The van der Waals surface area contributed by atoms with E-state index in [0.29, 0.717) is 19.4 Å². The predicted octanol–water partition coefficient (Wildman–Crippen LogP) is 2.85. The van der Waals surface area contributed by atoms with Gasteiger partial charge in [-0.05, 0) is 39.5 Å². The number of methoxy groups -OCH3 is 1. The van der Waals surface area contributed by atoms with Crippen molar-refractivity contribution in [2.75, 3.05) is 20.2 Å². The average molecular weight is 337 g/mol. The Kier molecular flexibility index (Phi) is 5.70. The molecule has 1 amide bonds. The lowest BCUT2D eigenvalue weighted by molar-refractivity contribution is -0.145. The van der Waals surface area contributed by atoms with E-state index >= 15 is 0 Å². The molecule has 24 heavy (non-hydrogen) atoms. The maximum absolute atomic E-state index is 12.2. The lowest BCUT2D eigenvalue weighted by Crippen LogP contribution is -2.48. The van der Waals surface area contributed by atoms with Crippen molar-refractivity contribution in [1.82, 2.24) is 4.90 Å². The van der Waals surface area contributed by atoms with Gasteiger partial charge in [-0.1, -0.05) is 23.8 Å². The molecule has 0 aromatic rings. The fraction of sp³-hybridized carbons (Fsp3) is 0.667. The molecule has 0 aromatic heterocycles. The lowest BCUT2D eigenvalue weighted by atomic mass is 9.77. The number of amides is 1. The molecule has 2 rings (SSSR count). The van der Waals surface area contributed by atoms with Crippen LogP contribution in [-0.4, -0.2) is 54.0 Å². The van der Waals surface area contributed by atoms with Crippen LogP contribution in [0, 0.1) is 11.8 Å². The Balaban J connectivity index is 2.09. The van der Waals surface area contributed by atoms with E-state index in [1.807, 2.05) is 18.2 Å². The van der Waals surface area contributed by atoms with Crippen molar-refractivity contribution in [3.63, 3.8) is 0 Å². The van der Waals surface area contributed by atoms with Crippen LogP contribution >= 0.6 is 0 Å². The summed E-state index contributed by atoms with van der Waals surface area (Å²) >= 11 is 0. The number of ether oxygens (including phenoxy) is 2. The van der Waals surface area contributed by atoms with Crippen LogP contribution in [0.4, 0.5) is 4.79 Å². The number of carbonyl (C=O) groups excluding carboxylic acids is 1. The largest absolute Gasteiger partial charge is 0.481 e. The van der Waals surface area contributed by atoms with Crippen molar-refractivity contribution in [3.8, 4) is 0 Å². The highest BCUT2D eigenvalue weighted by Gasteiger charge is 2.39. The molecule has 0 radical (unpaired) electrons. The van der Waals surface area contributed by atoms with Gasteiger partial charge in [0, 0.05) is 20.2 Å². The second-order valence-electron chi connectivity index (χ2n) is 7.37. The molecule has 0 aromatic carbocycles. The van der Waals surface area contributed by atoms with Crippen molar-refractivity contribution in [2.45, 2.75) is 45.3 Å². The fourth-order valence-electron chi connectivity index (χ4n) is 3.25. The number of carboxylic acid groups (broad SMARTS) is 1. The quantitative estimate of drug-likeness (QED) is 0.857. The number of rotatable bonds is 3. The minimum absolute atomic E-state index is 0.0108. The van der Waals surface area contributed by atoms with Gasteiger partial charge < -0.3 is 19.5 Å². The van der Waals surface area contributed by atoms with Gasteiger partial charge in [0.05, 0.1) is 12.0 Å². The van der Waals surface area contributed by atoms with E-state index in [1.54, 1.807) is 27.9 Å². The second-order valence-corrected chi connectivity index (χ2v) is 7.37. The molecule has 1 aliphatic carbocycles. The van der Waals surface area contributed by atoms with Crippen molar-refractivity contribution < 1.29 is 24.2 Å². The summed E-state index contributed by atoms with van der Waals surface area (Å²) in [6.45, 7) is 6.08. The molecule has 1 saturated heterocycles. The number of nitrogens with zero attached hydrogens (tertiary/aromatic N) is 1. The van der Waals surface area contributed by atoms with Gasteiger partial charge in [-0.2, -0.15) is 0 Å². The Morgan fingerprint density at radius 2 is 2.04 bits per heavy atom. The topological polar surface area (TPSA) is 76.1 Å². The van der Waals surface area contributed by atoms with E-state index in [2.05, 4.69) is 0 Å². The Bertz CT molecular complexity index is 546. The first-order chi connectivity index (χ1) is 11.2. The number of carboxylic acids is 1. The zero-order valence-electron chi connectivity index (χ0n) is 14.8. The Morgan fingerprint density at radius 3 is 2.62 bits per heavy atom. The highest BCUT2D eigenvalue weighted by atomic mass is 16.6. The van der Waals surface area contributed by atoms with Crippen LogP contribution in [0.25, 0.3) is 0 Å². The minimum Gasteiger partial charge on any atom is -0.481 e. The maximum Gasteiger partial charge on any atom is 0.410 e. The summed E-state index contributed by atoms with van der Waals surface area (Å²) in [5.41, 5.74) is 0.496. The van der Waals surface area contributed by atoms with Gasteiger partial charge in [-0.15, -0.1) is 0 Å². The molecule has 3 atom stereocenters. The van der Waals surface area contributed by atoms with Gasteiger partial charge in [0.1, 0.15) is 5.60 Å². The number of hydrogen-bond acceptors (Lipinski definition) is 4. The van der Waals surface area contributed by atoms with Gasteiger partial charge in [-0.3, -0.25) is 4.79 Å². The van der Waals surface area contributed by atoms with E-state index in [4.69, 9.17) is 9.47 Å². The van der Waals surface area contributed by atoms with Crippen molar-refractivity contribution >= 4 is 12.1 Å². The van der Waals surface area contributed by atoms with Gasteiger partial charge >= 0.3 is 12.1 Å². The number of likely N-dealkylation sites (tertiary alicyclic amines) is 1. The summed E-state index contributed by atoms with van der Waals surface area (Å²) < 4.78 is 10.7. The second kappa shape index (κ2) is 7.38. The summed E-state index contributed by atoms with van der Waals surface area (Å²) in [5, 5.41) is 9.64. The summed E-state index contributed by atoms with van der Waals surface area (Å²) in [5.74, 6) is -1.58. The lowest BCUT2D eigenvalue weighted by Gasteiger charge is -2.39. The number of carbonyl (C=O) groups is 2. The minimum atomic E-state index is -0.877. The SMILES string of the molecule is COC1C=CC=C(C2CCN(C(=O)OC(C)(C)C)CC2C(=O)O)C1. The Labute approximate surface area is 143 Å². The van der Waals surface area contributed by atoms with E-state index in [1.165, 1.54) is 4.90 Å². The predicted molar refractivity (Wildman–Crippen MR) is 89.7 cm³/mol. The summed E-state index contributed by atoms with van der Waals surface area (Å²) in [6, 6.07) is 0. The zero-order valence-corrected chi connectivity index (χ0v) is 14.8. The molecule has 1 heterocycles. The highest BCUT2D eigenvalue weighted by molar-refractivity contribution is 5.74. The van der Waals surface area contributed by atoms with E-state index in [-0.39, 0.29) is 18.6 Å². The van der Waals surface area contributed by atoms with Crippen LogP contribution in [0.2, 0.25) is 0 Å². The molecular formula is C18H27NO5. The van der Waals surface area contributed by atoms with Gasteiger partial charge in [0.2, 0.25) is 0 Å². The molecule has 6 nitrogen and oxygen atoms in total. The Hall–Kier alpha value is -1.82. The summed E-state index contributed by atoms with van der Waals surface area (Å²) in [7, 11) is 1.65. The van der Waals surface area contributed by atoms with Crippen LogP contribution in [0.5, 0.6) is 0 Å². The van der Waals surface area contributed by atoms with Gasteiger partial charge in [-0.25, -0.2) is 4.79 Å². The van der Waals surface area contributed by atoms with E-state index in [0.717, 1.165) is 5.57 Å². The molecule has 0 bridgehead atoms. The van der Waals surface area contributed by atoms with Crippen LogP contribution in [0.1, 0.15) is 33.6 Å². The molecule has 1 aliphatic heterocycles. The Morgan fingerprint density at radius 1 is 1.33 bits per heavy atom. The molecule has 134 valence electrons. The number of aliphatic carboxylic acids is 1. The third-order valence-corrected chi connectivity index (χ3v) is 4.43. The summed E-state index contributed by atoms with van der Waals surface area (Å²) in [6.07, 6.45) is 6.74. The zero-order chi connectivity index (χ0) is 17.9. The van der Waals surface area contributed by atoms with Crippen LogP contribution in [0.15, 0.2) is 23.8 Å². The number of allylic oxidation sites excluding steroid dienone is 2. The van der Waals surface area contributed by atoms with Crippen LogP contribution < -0.4 is 0 Å². The van der Waals surface area contributed by atoms with Crippen LogP contribution in [0.3, 0.4) is 0 Å². The van der Waals surface area contributed by atoms with Crippen molar-refractivity contribution in [1.29, 1.82) is 0 Å². The smallest absolute Gasteiger partial charge is 0.410 e. The van der Waals surface area contributed by atoms with Crippen molar-refractivity contribution in [2.24, 2.45) is 11.8 Å². The standard InChI is InChI=1S/C18H27NO5/c1-18(2,3)24-17(22)19-9-8-14(15(11-19)16(20)21)12-6-5-7-13(10-12)23-4/h5-7,13-15H,8-11H2,1-4H3,(H,20,21). The first-order valence-corrected chi connectivity index (χ1v) is 8.32. The first-order valence-electron chi connectivity index (χ1n) is 8.32. The summed E-state index contributed by atoms with van der Waals surface area (Å²) in [4.78, 5) is 25.5.